The molecule has 0 bridgehead atoms. The van der Waals surface area contributed by atoms with Crippen molar-refractivity contribution in [1.82, 2.24) is 5.32 Å². The van der Waals surface area contributed by atoms with Gasteiger partial charge >= 0.3 is 6.09 Å². The Hall–Kier alpha value is -2.15. The number of rotatable bonds is 3. The number of nitrogens with one attached hydrogen (secondary N) is 1. The zero-order valence-electron chi connectivity index (χ0n) is 8.70. The van der Waals surface area contributed by atoms with Crippen LogP contribution < -0.4 is 5.32 Å². The quantitative estimate of drug-likeness (QED) is 0.597. The number of hydrogen-bond acceptors (Lipinski definition) is 5. The van der Waals surface area contributed by atoms with E-state index in [1.54, 1.807) is 0 Å². The van der Waals surface area contributed by atoms with Gasteiger partial charge in [0.15, 0.2) is 0 Å². The Labute approximate surface area is 96.2 Å². The van der Waals surface area contributed by atoms with Crippen LogP contribution in [0.4, 0.5) is 10.5 Å². The van der Waals surface area contributed by atoms with Crippen molar-refractivity contribution < 1.29 is 19.6 Å². The Morgan fingerprint density at radius 2 is 2.12 bits per heavy atom. The second-order valence-corrected chi connectivity index (χ2v) is 3.64. The molecule has 1 aromatic carbocycles. The van der Waals surface area contributed by atoms with Crippen molar-refractivity contribution in [2.75, 3.05) is 6.61 Å². The minimum atomic E-state index is -0.942. The van der Waals surface area contributed by atoms with Crippen molar-refractivity contribution in [1.29, 1.82) is 0 Å². The number of non-ortho nitro benzene ring substituents is 1. The molecule has 2 rings (SSSR count). The number of benzene rings is 1. The number of amides is 1. The van der Waals surface area contributed by atoms with Gasteiger partial charge in [-0.25, -0.2) is 4.79 Å². The molecule has 2 atom stereocenters. The van der Waals surface area contributed by atoms with Crippen LogP contribution in [-0.4, -0.2) is 28.8 Å². The summed E-state index contributed by atoms with van der Waals surface area (Å²) in [6.07, 6.45) is -1.52. The van der Waals surface area contributed by atoms with Gasteiger partial charge in [-0.2, -0.15) is 0 Å². The highest BCUT2D eigenvalue weighted by molar-refractivity contribution is 5.69. The summed E-state index contributed by atoms with van der Waals surface area (Å²) in [6, 6.07) is 4.98. The molecule has 17 heavy (non-hydrogen) atoms. The maximum Gasteiger partial charge on any atom is 0.407 e. The van der Waals surface area contributed by atoms with Crippen molar-refractivity contribution in [3.8, 4) is 0 Å². The van der Waals surface area contributed by atoms with E-state index in [-0.39, 0.29) is 12.3 Å². The fourth-order valence-corrected chi connectivity index (χ4v) is 1.60. The van der Waals surface area contributed by atoms with Crippen LogP contribution in [0.1, 0.15) is 11.7 Å². The van der Waals surface area contributed by atoms with Gasteiger partial charge in [-0.05, 0) is 17.7 Å². The van der Waals surface area contributed by atoms with Gasteiger partial charge in [-0.3, -0.25) is 10.1 Å². The molecule has 1 saturated heterocycles. The van der Waals surface area contributed by atoms with Crippen LogP contribution in [0, 0.1) is 10.1 Å². The summed E-state index contributed by atoms with van der Waals surface area (Å²) in [5.74, 6) is 0. The van der Waals surface area contributed by atoms with Crippen LogP contribution in [0.25, 0.3) is 0 Å². The number of carbonyl (C=O) groups excluding carboxylic acids is 1. The summed E-state index contributed by atoms with van der Waals surface area (Å²) in [5.41, 5.74) is 0.444. The molecule has 0 spiro atoms. The maximum absolute atomic E-state index is 10.8. The highest BCUT2D eigenvalue weighted by atomic mass is 16.6. The van der Waals surface area contributed by atoms with E-state index in [1.165, 1.54) is 24.3 Å². The number of carbonyl (C=O) groups is 1. The normalized spacial score (nSPS) is 20.5. The van der Waals surface area contributed by atoms with Crippen molar-refractivity contribution in [2.24, 2.45) is 0 Å². The number of hydrogen-bond donors (Lipinski definition) is 2. The molecule has 0 unspecified atom stereocenters. The van der Waals surface area contributed by atoms with Crippen LogP contribution in [0.15, 0.2) is 24.3 Å². The van der Waals surface area contributed by atoms with Crippen molar-refractivity contribution in [3.05, 3.63) is 39.9 Å². The molecule has 1 amide bonds. The summed E-state index contributed by atoms with van der Waals surface area (Å²) >= 11 is 0. The van der Waals surface area contributed by atoms with Gasteiger partial charge in [0.05, 0.1) is 11.0 Å². The second kappa shape index (κ2) is 4.38. The van der Waals surface area contributed by atoms with Gasteiger partial charge in [0.25, 0.3) is 5.69 Å². The van der Waals surface area contributed by atoms with E-state index in [2.05, 4.69) is 10.1 Å². The van der Waals surface area contributed by atoms with Crippen LogP contribution in [0.3, 0.4) is 0 Å². The second-order valence-electron chi connectivity index (χ2n) is 3.64. The molecule has 2 N–H and O–H groups in total. The molecule has 7 heteroatoms. The average molecular weight is 238 g/mol. The van der Waals surface area contributed by atoms with Crippen molar-refractivity contribution >= 4 is 11.8 Å². The van der Waals surface area contributed by atoms with E-state index in [1.807, 2.05) is 0 Å². The Kier molecular flexibility index (Phi) is 2.92. The maximum atomic E-state index is 10.8. The first kappa shape index (κ1) is 11.3. The predicted molar refractivity (Wildman–Crippen MR) is 56.3 cm³/mol. The van der Waals surface area contributed by atoms with E-state index in [9.17, 15) is 20.0 Å². The number of aliphatic hydroxyl groups excluding tert-OH is 1. The molecular formula is C10H10N2O5. The molecule has 1 fully saturated rings. The molecular weight excluding hydrogens is 228 g/mol. The lowest BCUT2D eigenvalue weighted by atomic mass is 10.0. The van der Waals surface area contributed by atoms with Crippen molar-refractivity contribution in [3.63, 3.8) is 0 Å². The summed E-state index contributed by atoms with van der Waals surface area (Å²) in [4.78, 5) is 20.7. The average Bonchev–Trinajstić information content (AvgIpc) is 2.75. The minimum Gasteiger partial charge on any atom is -0.447 e. The van der Waals surface area contributed by atoms with Crippen LogP contribution >= 0.6 is 0 Å². The van der Waals surface area contributed by atoms with Crippen LogP contribution in [0.2, 0.25) is 0 Å². The third-order valence-corrected chi connectivity index (χ3v) is 2.52. The van der Waals surface area contributed by atoms with E-state index in [4.69, 9.17) is 0 Å². The lowest BCUT2D eigenvalue weighted by Gasteiger charge is -2.15. The van der Waals surface area contributed by atoms with Crippen molar-refractivity contribution in [2.45, 2.75) is 12.1 Å². The molecule has 0 aliphatic carbocycles. The Balaban J connectivity index is 2.11. The Bertz CT molecular complexity index is 445. The third kappa shape index (κ3) is 2.34. The molecule has 0 aromatic heterocycles. The lowest BCUT2D eigenvalue weighted by Crippen LogP contribution is -2.32. The van der Waals surface area contributed by atoms with Crippen LogP contribution in [-0.2, 0) is 4.74 Å². The number of cyclic esters (lactones) is 1. The van der Waals surface area contributed by atoms with Gasteiger partial charge in [0.1, 0.15) is 12.7 Å². The SMILES string of the molecule is O=C1N[C@H]([C@@H](O)c2ccc([N+](=O)[O-])cc2)CO1. The number of nitro benzene ring substituents is 1. The number of alkyl carbamates (subject to hydrolysis) is 1. The van der Waals surface area contributed by atoms with E-state index < -0.39 is 23.2 Å². The number of ether oxygens (including phenoxy) is 1. The molecule has 90 valence electrons. The zero-order chi connectivity index (χ0) is 12.4. The first-order valence-electron chi connectivity index (χ1n) is 4.93. The minimum absolute atomic E-state index is 0.0485. The molecule has 0 saturated carbocycles. The first-order valence-corrected chi connectivity index (χ1v) is 4.93. The monoisotopic (exact) mass is 238 g/mol. The topological polar surface area (TPSA) is 102 Å². The Morgan fingerprint density at radius 3 is 2.59 bits per heavy atom. The smallest absolute Gasteiger partial charge is 0.407 e. The molecule has 1 aliphatic rings. The molecule has 1 heterocycles. The van der Waals surface area contributed by atoms with Gasteiger partial charge in [0, 0.05) is 12.1 Å². The van der Waals surface area contributed by atoms with E-state index in [0.717, 1.165) is 0 Å². The summed E-state index contributed by atoms with van der Waals surface area (Å²) in [5, 5.41) is 22.8. The molecule has 1 aliphatic heterocycles. The van der Waals surface area contributed by atoms with Gasteiger partial charge in [-0.1, -0.05) is 0 Å². The van der Waals surface area contributed by atoms with Crippen LogP contribution in [0.5, 0.6) is 0 Å². The third-order valence-electron chi connectivity index (χ3n) is 2.52. The van der Waals surface area contributed by atoms with E-state index >= 15 is 0 Å². The molecule has 7 nitrogen and oxygen atoms in total. The van der Waals surface area contributed by atoms with E-state index in [0.29, 0.717) is 5.56 Å². The molecule has 0 radical (unpaired) electrons. The first-order chi connectivity index (χ1) is 8.08. The number of nitro groups is 1. The fourth-order valence-electron chi connectivity index (χ4n) is 1.60. The summed E-state index contributed by atoms with van der Waals surface area (Å²) in [6.45, 7) is 0.0803. The zero-order valence-corrected chi connectivity index (χ0v) is 8.70. The van der Waals surface area contributed by atoms with Gasteiger partial charge in [-0.15, -0.1) is 0 Å². The van der Waals surface area contributed by atoms with Gasteiger partial charge < -0.3 is 15.2 Å². The highest BCUT2D eigenvalue weighted by Crippen LogP contribution is 2.22. The lowest BCUT2D eigenvalue weighted by molar-refractivity contribution is -0.384. The predicted octanol–water partition coefficient (Wildman–Crippen LogP) is 0.737. The largest absolute Gasteiger partial charge is 0.447 e. The molecule has 1 aromatic rings. The fraction of sp³-hybridized carbons (Fsp3) is 0.300. The number of aliphatic hydroxyl groups is 1. The van der Waals surface area contributed by atoms with Gasteiger partial charge in [0.2, 0.25) is 0 Å². The number of nitrogens with zero attached hydrogens (tertiary/aromatic N) is 1. The summed E-state index contributed by atoms with van der Waals surface area (Å²) in [7, 11) is 0. The highest BCUT2D eigenvalue weighted by Gasteiger charge is 2.30. The Morgan fingerprint density at radius 1 is 1.47 bits per heavy atom. The standard InChI is InChI=1S/C10H10N2O5/c13-9(8-5-17-10(14)11-8)6-1-3-7(4-2-6)12(15)16/h1-4,8-9,13H,5H2,(H,11,14)/t8-,9-/m0/s1. The summed E-state index contributed by atoms with van der Waals surface area (Å²) < 4.78 is 4.65.